The molecule has 0 saturated heterocycles. The summed E-state index contributed by atoms with van der Waals surface area (Å²) in [6.45, 7) is 0. The molecule has 0 heterocycles. The van der Waals surface area contributed by atoms with Gasteiger partial charge in [-0.05, 0) is 0 Å². The first kappa shape index (κ1) is 56.2. The average molecular weight is 502 g/mol. The maximum absolute atomic E-state index is 8.46. The third-order valence-electron chi connectivity index (χ3n) is 0. The molecule has 21 heteroatoms. The zero-order valence-electron chi connectivity index (χ0n) is 9.86. The van der Waals surface area contributed by atoms with Crippen LogP contribution in [-0.4, -0.2) is 133 Å². The Hall–Kier alpha value is 4.14. The second-order valence-electron chi connectivity index (χ2n) is 0.476. The number of hydrogen-bond donors (Lipinski definition) is 4. The predicted molar refractivity (Wildman–Crippen MR) is 71.8 cm³/mol. The monoisotopic (exact) mass is 502 g/mol. The summed E-state index contributed by atoms with van der Waals surface area (Å²) in [5.41, 5.74) is 0. The Balaban J connectivity index is -0.0000000114. The molecule has 12 nitrogen and oxygen atoms in total. The molecule has 0 aromatic heterocycles. The Morgan fingerprint density at radius 2 is 0.476 bits per heavy atom. The molecule has 4 N–H and O–H groups in total. The van der Waals surface area contributed by atoms with Crippen molar-refractivity contribution >= 4 is 165 Å². The summed E-state index contributed by atoms with van der Waals surface area (Å²) in [4.78, 5) is 44.6. The van der Waals surface area contributed by atoms with E-state index in [2.05, 4.69) is 0 Å². The van der Waals surface area contributed by atoms with Crippen LogP contribution in [0.25, 0.3) is 0 Å². The van der Waals surface area contributed by atoms with Gasteiger partial charge in [-0.1, -0.05) is 0 Å². The Kier molecular flexibility index (Phi) is 337. The smallest absolute Gasteiger partial charge is 0.772 e. The fraction of sp³-hybridized carbons (Fsp3) is 0. The fourth-order valence-corrected chi connectivity index (χ4v) is 0. The third-order valence-corrected chi connectivity index (χ3v) is 0. The molecule has 0 amide bonds. The van der Waals surface area contributed by atoms with Gasteiger partial charge < -0.3 is 29.4 Å². The second kappa shape index (κ2) is 126. The van der Waals surface area contributed by atoms with E-state index in [0.29, 0.717) is 0 Å². The van der Waals surface area contributed by atoms with Crippen molar-refractivity contribution in [2.75, 3.05) is 0 Å². The molecule has 0 atom stereocenters. The Labute approximate surface area is 218 Å². The van der Waals surface area contributed by atoms with E-state index in [1.165, 1.54) is 0 Å². The molecule has 0 fully saturated rings. The predicted octanol–water partition coefficient (Wildman–Crippen LogP) is -1.29. The van der Waals surface area contributed by atoms with E-state index in [9.17, 15) is 0 Å². The van der Waals surface area contributed by atoms with Crippen molar-refractivity contribution in [3.8, 4) is 0 Å². The van der Waals surface area contributed by atoms with E-state index >= 15 is 0 Å². The SMILES string of the molecule is O=PO.O=PO.O=PO.O=PO.O=P[O-].O=P[O-].[Ca+2].[Ca+2].[Ca+2]. The molecule has 0 unspecified atom stereocenters. The van der Waals surface area contributed by atoms with E-state index in [1.54, 1.807) is 0 Å². The van der Waals surface area contributed by atoms with Crippen LogP contribution in [0.1, 0.15) is 0 Å². The Morgan fingerprint density at radius 3 is 0.476 bits per heavy atom. The van der Waals surface area contributed by atoms with Crippen molar-refractivity contribution in [3.05, 3.63) is 0 Å². The molecule has 0 rings (SSSR count). The fourth-order valence-electron chi connectivity index (χ4n) is 0. The average Bonchev–Trinajstić information content (AvgIpc) is 2.23. The standard InChI is InChI=1S/3Ca.6HO2P/c;;;6*1-3-2/h;;;6*(H,1,2)/q3*+2;;;;;;/p-2. The molecule has 0 radical (unpaired) electrons. The molecular formula is H4Ca3O12P6+4. The first-order chi connectivity index (χ1) is 8.49. The van der Waals surface area contributed by atoms with Crippen LogP contribution >= 0.6 is 52.1 Å². The summed E-state index contributed by atoms with van der Waals surface area (Å²) in [6.07, 6.45) is 0. The van der Waals surface area contributed by atoms with Crippen LogP contribution in [-0.2, 0) is 27.4 Å². The minimum Gasteiger partial charge on any atom is -0.772 e. The van der Waals surface area contributed by atoms with Crippen molar-refractivity contribution in [2.24, 2.45) is 0 Å². The minimum atomic E-state index is -1.08. The first-order valence-electron chi connectivity index (χ1n) is 2.26. The van der Waals surface area contributed by atoms with Gasteiger partial charge in [-0.2, -0.15) is 0 Å². The van der Waals surface area contributed by atoms with Gasteiger partial charge in [0.1, 0.15) is 0 Å². The summed E-state index contributed by atoms with van der Waals surface area (Å²) >= 11 is 0. The van der Waals surface area contributed by atoms with Crippen LogP contribution in [0.2, 0.25) is 0 Å². The van der Waals surface area contributed by atoms with Crippen LogP contribution in [0.5, 0.6) is 0 Å². The summed E-state index contributed by atoms with van der Waals surface area (Å²) in [6, 6.07) is 0. The van der Waals surface area contributed by atoms with E-state index in [4.69, 9.17) is 56.8 Å². The van der Waals surface area contributed by atoms with Gasteiger partial charge in [-0.15, -0.1) is 0 Å². The maximum atomic E-state index is 8.46. The zero-order chi connectivity index (χ0) is 16.2. The van der Waals surface area contributed by atoms with Gasteiger partial charge in [0.15, 0.2) is 0 Å². The summed E-state index contributed by atoms with van der Waals surface area (Å²) < 4.78 is 50.5. The van der Waals surface area contributed by atoms with Gasteiger partial charge in [-0.25, -0.2) is 18.3 Å². The quantitative estimate of drug-likeness (QED) is 0.224. The molecule has 0 aliphatic rings. The summed E-state index contributed by atoms with van der Waals surface area (Å²) in [5, 5.41) is 0. The van der Waals surface area contributed by atoms with Gasteiger partial charge in [0, 0.05) is 0 Å². The largest absolute Gasteiger partial charge is 2.00 e. The van der Waals surface area contributed by atoms with Crippen LogP contribution in [0, 0.1) is 0 Å². The van der Waals surface area contributed by atoms with Gasteiger partial charge >= 0.3 is 148 Å². The van der Waals surface area contributed by atoms with Crippen molar-refractivity contribution in [3.63, 3.8) is 0 Å². The number of rotatable bonds is 0. The molecule has 21 heavy (non-hydrogen) atoms. The molecule has 0 bridgehead atoms. The topological polar surface area (TPSA) is 229 Å². The molecule has 0 aliphatic heterocycles. The van der Waals surface area contributed by atoms with Gasteiger partial charge in [0.25, 0.3) is 0 Å². The van der Waals surface area contributed by atoms with Crippen LogP contribution in [0.4, 0.5) is 0 Å². The van der Waals surface area contributed by atoms with E-state index < -0.39 is 52.1 Å². The molecule has 0 saturated carbocycles. The normalized spacial score (nSPS) is 6.00. The van der Waals surface area contributed by atoms with Crippen LogP contribution < -0.4 is 9.79 Å². The molecular weight excluding hydrogens is 498 g/mol. The van der Waals surface area contributed by atoms with Gasteiger partial charge in [0.2, 0.25) is 0 Å². The second-order valence-corrected chi connectivity index (χ2v) is 1.43. The van der Waals surface area contributed by atoms with Gasteiger partial charge in [-0.3, -0.25) is 9.13 Å². The van der Waals surface area contributed by atoms with Crippen molar-refractivity contribution in [1.29, 1.82) is 0 Å². The summed E-state index contributed by atoms with van der Waals surface area (Å²) in [7, 11) is -5.50. The summed E-state index contributed by atoms with van der Waals surface area (Å²) in [5.74, 6) is 0. The first-order valence-corrected chi connectivity index (χ1v) is 6.78. The molecule has 0 aromatic carbocycles. The third kappa shape index (κ3) is 691. The van der Waals surface area contributed by atoms with Gasteiger partial charge in [0.05, 0.1) is 17.4 Å². The van der Waals surface area contributed by atoms with Crippen molar-refractivity contribution in [1.82, 2.24) is 0 Å². The van der Waals surface area contributed by atoms with E-state index in [0.717, 1.165) is 0 Å². The van der Waals surface area contributed by atoms with Crippen molar-refractivity contribution in [2.45, 2.75) is 0 Å². The zero-order valence-corrected chi connectivity index (χ0v) is 21.9. The van der Waals surface area contributed by atoms with Crippen molar-refractivity contribution < 1.29 is 56.8 Å². The number of hydrogen-bond acceptors (Lipinski definition) is 8. The van der Waals surface area contributed by atoms with E-state index in [1.807, 2.05) is 0 Å². The molecule has 108 valence electrons. The maximum Gasteiger partial charge on any atom is 2.00 e. The minimum absolute atomic E-state index is 0. The molecule has 0 aliphatic carbocycles. The van der Waals surface area contributed by atoms with Crippen LogP contribution in [0.3, 0.4) is 0 Å². The Bertz CT molecular complexity index is 121. The van der Waals surface area contributed by atoms with E-state index in [-0.39, 0.29) is 113 Å². The molecule has 0 spiro atoms. The molecule has 0 aromatic rings. The van der Waals surface area contributed by atoms with Crippen LogP contribution in [0.15, 0.2) is 0 Å². The Morgan fingerprint density at radius 1 is 0.476 bits per heavy atom.